The number of carbonyl (C=O) groups is 2. The second-order valence-corrected chi connectivity index (χ2v) is 7.52. The summed E-state index contributed by atoms with van der Waals surface area (Å²) in [4.78, 5) is 26.0. The number of hydrogen-bond acceptors (Lipinski definition) is 4. The van der Waals surface area contributed by atoms with E-state index >= 15 is 0 Å². The van der Waals surface area contributed by atoms with E-state index in [2.05, 4.69) is 10.6 Å². The van der Waals surface area contributed by atoms with E-state index in [0.29, 0.717) is 11.6 Å². The van der Waals surface area contributed by atoms with Crippen molar-refractivity contribution in [2.24, 2.45) is 0 Å². The van der Waals surface area contributed by atoms with Gasteiger partial charge in [-0.25, -0.2) is 4.79 Å². The fourth-order valence-corrected chi connectivity index (χ4v) is 2.48. The smallest absolute Gasteiger partial charge is 0.408 e. The highest BCUT2D eigenvalue weighted by Crippen LogP contribution is 2.25. The fraction of sp³-hybridized carbons (Fsp3) is 0.556. The van der Waals surface area contributed by atoms with Crippen LogP contribution >= 0.6 is 11.6 Å². The zero-order valence-electron chi connectivity index (χ0n) is 15.7. The van der Waals surface area contributed by atoms with Gasteiger partial charge < -0.3 is 20.3 Å². The van der Waals surface area contributed by atoms with E-state index in [-0.39, 0.29) is 11.9 Å². The van der Waals surface area contributed by atoms with E-state index in [0.717, 1.165) is 5.56 Å². The van der Waals surface area contributed by atoms with Gasteiger partial charge in [-0.05, 0) is 53.4 Å². The second-order valence-electron chi connectivity index (χ2n) is 7.11. The van der Waals surface area contributed by atoms with E-state index in [1.165, 1.54) is 0 Å². The van der Waals surface area contributed by atoms with Crippen LogP contribution in [0.4, 0.5) is 4.79 Å². The van der Waals surface area contributed by atoms with Gasteiger partial charge >= 0.3 is 6.09 Å². The number of amides is 2. The minimum absolute atomic E-state index is 0.0774. The number of likely N-dealkylation sites (N-methyl/N-ethyl adjacent to an activating group) is 1. The Bertz CT molecular complexity index is 599. The van der Waals surface area contributed by atoms with Gasteiger partial charge in [0.1, 0.15) is 11.6 Å². The van der Waals surface area contributed by atoms with E-state index in [1.54, 1.807) is 27.7 Å². The molecule has 0 aliphatic heterocycles. The number of carbonyl (C=O) groups excluding carboxylic acids is 2. The minimum Gasteiger partial charge on any atom is -0.444 e. The number of alkyl carbamates (subject to hydrolysis) is 1. The van der Waals surface area contributed by atoms with Crippen molar-refractivity contribution in [1.29, 1.82) is 0 Å². The SMILES string of the molecule is C[C@@H](NC(=O)OC(C)(C)C)C(=O)NCC(c1ccccc1Cl)N(C)C. The molecule has 2 amide bonds. The molecule has 2 atom stereocenters. The Kier molecular flexibility index (Phi) is 7.70. The molecule has 25 heavy (non-hydrogen) atoms. The third-order valence-corrected chi connectivity index (χ3v) is 3.83. The first-order valence-corrected chi connectivity index (χ1v) is 8.57. The Labute approximate surface area is 154 Å². The van der Waals surface area contributed by atoms with Crippen molar-refractivity contribution < 1.29 is 14.3 Å². The molecule has 0 heterocycles. The van der Waals surface area contributed by atoms with Crippen molar-refractivity contribution in [3.05, 3.63) is 34.9 Å². The first-order chi connectivity index (χ1) is 11.5. The Balaban J connectivity index is 2.63. The van der Waals surface area contributed by atoms with Crippen LogP contribution in [-0.4, -0.2) is 49.2 Å². The molecule has 0 saturated heterocycles. The molecule has 0 bridgehead atoms. The quantitative estimate of drug-likeness (QED) is 0.808. The fourth-order valence-electron chi connectivity index (χ4n) is 2.22. The molecular weight excluding hydrogens is 342 g/mol. The highest BCUT2D eigenvalue weighted by atomic mass is 35.5. The van der Waals surface area contributed by atoms with Gasteiger partial charge in [-0.1, -0.05) is 29.8 Å². The molecule has 140 valence electrons. The maximum absolute atomic E-state index is 12.3. The van der Waals surface area contributed by atoms with Gasteiger partial charge in [0.25, 0.3) is 0 Å². The average Bonchev–Trinajstić information content (AvgIpc) is 2.46. The normalized spacial score (nSPS) is 13.9. The summed E-state index contributed by atoms with van der Waals surface area (Å²) < 4.78 is 5.15. The maximum atomic E-state index is 12.3. The third kappa shape index (κ3) is 7.32. The highest BCUT2D eigenvalue weighted by molar-refractivity contribution is 6.31. The van der Waals surface area contributed by atoms with Crippen LogP contribution in [0.15, 0.2) is 24.3 Å². The summed E-state index contributed by atoms with van der Waals surface area (Å²) in [6, 6.07) is 6.75. The third-order valence-electron chi connectivity index (χ3n) is 3.48. The molecule has 0 radical (unpaired) electrons. The summed E-state index contributed by atoms with van der Waals surface area (Å²) in [7, 11) is 3.84. The molecule has 0 saturated carbocycles. The average molecular weight is 370 g/mol. The first-order valence-electron chi connectivity index (χ1n) is 8.19. The van der Waals surface area contributed by atoms with Crippen molar-refractivity contribution in [2.75, 3.05) is 20.6 Å². The summed E-state index contributed by atoms with van der Waals surface area (Å²) in [5.74, 6) is -0.287. The zero-order chi connectivity index (χ0) is 19.2. The van der Waals surface area contributed by atoms with Crippen LogP contribution in [0, 0.1) is 0 Å². The standard InChI is InChI=1S/C18H28ClN3O3/c1-12(21-17(24)25-18(2,3)4)16(23)20-11-15(22(5)6)13-9-7-8-10-14(13)19/h7-10,12,15H,11H2,1-6H3,(H,20,23)(H,21,24)/t12-,15?/m1/s1. The maximum Gasteiger partial charge on any atom is 0.408 e. The van der Waals surface area contributed by atoms with Crippen LogP contribution in [0.25, 0.3) is 0 Å². The van der Waals surface area contributed by atoms with Crippen molar-refractivity contribution >= 4 is 23.6 Å². The lowest BCUT2D eigenvalue weighted by molar-refractivity contribution is -0.123. The first kappa shape index (κ1) is 21.3. The lowest BCUT2D eigenvalue weighted by Gasteiger charge is -2.27. The predicted molar refractivity (Wildman–Crippen MR) is 99.7 cm³/mol. The van der Waals surface area contributed by atoms with Gasteiger partial charge in [0.15, 0.2) is 0 Å². The summed E-state index contributed by atoms with van der Waals surface area (Å²) in [5.41, 5.74) is 0.322. The molecule has 0 aliphatic rings. The summed E-state index contributed by atoms with van der Waals surface area (Å²) >= 11 is 6.26. The number of nitrogens with zero attached hydrogens (tertiary/aromatic N) is 1. The molecule has 1 aromatic rings. The number of hydrogen-bond donors (Lipinski definition) is 2. The monoisotopic (exact) mass is 369 g/mol. The van der Waals surface area contributed by atoms with Gasteiger partial charge in [0.2, 0.25) is 5.91 Å². The van der Waals surface area contributed by atoms with Gasteiger partial charge in [-0.3, -0.25) is 4.79 Å². The highest BCUT2D eigenvalue weighted by Gasteiger charge is 2.23. The molecule has 2 N–H and O–H groups in total. The molecule has 1 unspecified atom stereocenters. The van der Waals surface area contributed by atoms with Crippen LogP contribution in [-0.2, 0) is 9.53 Å². The van der Waals surface area contributed by atoms with Crippen molar-refractivity contribution in [3.63, 3.8) is 0 Å². The zero-order valence-corrected chi connectivity index (χ0v) is 16.5. The van der Waals surface area contributed by atoms with Crippen LogP contribution in [0.5, 0.6) is 0 Å². The molecular formula is C18H28ClN3O3. The number of ether oxygens (including phenoxy) is 1. The molecule has 0 aromatic heterocycles. The molecule has 1 rings (SSSR count). The predicted octanol–water partition coefficient (Wildman–Crippen LogP) is 2.97. The Morgan fingerprint density at radius 2 is 1.84 bits per heavy atom. The Morgan fingerprint density at radius 1 is 1.24 bits per heavy atom. The lowest BCUT2D eigenvalue weighted by atomic mass is 10.1. The van der Waals surface area contributed by atoms with Crippen molar-refractivity contribution in [1.82, 2.24) is 15.5 Å². The second kappa shape index (κ2) is 9.06. The van der Waals surface area contributed by atoms with E-state index in [4.69, 9.17) is 16.3 Å². The van der Waals surface area contributed by atoms with Gasteiger partial charge in [0, 0.05) is 11.6 Å². The number of halogens is 1. The van der Waals surface area contributed by atoms with Crippen LogP contribution in [0.1, 0.15) is 39.3 Å². The van der Waals surface area contributed by atoms with Crippen LogP contribution in [0.3, 0.4) is 0 Å². The molecule has 6 nitrogen and oxygen atoms in total. The molecule has 0 fully saturated rings. The van der Waals surface area contributed by atoms with Crippen LogP contribution in [0.2, 0.25) is 5.02 Å². The Hall–Kier alpha value is -1.79. The van der Waals surface area contributed by atoms with Crippen molar-refractivity contribution in [3.8, 4) is 0 Å². The van der Waals surface area contributed by atoms with E-state index in [1.807, 2.05) is 43.3 Å². The molecule has 7 heteroatoms. The summed E-state index contributed by atoms with van der Waals surface area (Å²) in [6.45, 7) is 7.28. The summed E-state index contributed by atoms with van der Waals surface area (Å²) in [5, 5.41) is 6.02. The van der Waals surface area contributed by atoms with E-state index < -0.39 is 17.7 Å². The molecule has 0 aliphatic carbocycles. The van der Waals surface area contributed by atoms with Crippen molar-refractivity contribution in [2.45, 2.75) is 45.4 Å². The largest absolute Gasteiger partial charge is 0.444 e. The summed E-state index contributed by atoms with van der Waals surface area (Å²) in [6.07, 6.45) is -0.620. The Morgan fingerprint density at radius 3 is 2.36 bits per heavy atom. The lowest BCUT2D eigenvalue weighted by Crippen LogP contribution is -2.48. The number of rotatable bonds is 6. The van der Waals surface area contributed by atoms with Gasteiger partial charge in [-0.15, -0.1) is 0 Å². The minimum atomic E-state index is -0.705. The number of benzene rings is 1. The van der Waals surface area contributed by atoms with Gasteiger partial charge in [0.05, 0.1) is 6.04 Å². The topological polar surface area (TPSA) is 70.7 Å². The molecule has 1 aromatic carbocycles. The van der Waals surface area contributed by atoms with Gasteiger partial charge in [-0.2, -0.15) is 0 Å². The number of nitrogens with one attached hydrogen (secondary N) is 2. The van der Waals surface area contributed by atoms with Crippen LogP contribution < -0.4 is 10.6 Å². The molecule has 0 spiro atoms. The van der Waals surface area contributed by atoms with E-state index in [9.17, 15) is 9.59 Å².